The SMILES string of the molecule is CNc1ccc(Cl)cc1C(=O)NCC1CCOC1. The van der Waals surface area contributed by atoms with Gasteiger partial charge in [0.25, 0.3) is 5.91 Å². The molecule has 1 saturated heterocycles. The molecule has 5 heteroatoms. The fourth-order valence-electron chi connectivity index (χ4n) is 2.00. The molecule has 0 bridgehead atoms. The van der Waals surface area contributed by atoms with Crippen molar-refractivity contribution in [3.63, 3.8) is 0 Å². The summed E-state index contributed by atoms with van der Waals surface area (Å²) in [4.78, 5) is 12.1. The lowest BCUT2D eigenvalue weighted by atomic mass is 10.1. The molecule has 1 unspecified atom stereocenters. The minimum Gasteiger partial charge on any atom is -0.387 e. The maximum absolute atomic E-state index is 12.1. The Morgan fingerprint density at radius 2 is 2.39 bits per heavy atom. The van der Waals surface area contributed by atoms with Gasteiger partial charge < -0.3 is 15.4 Å². The highest BCUT2D eigenvalue weighted by atomic mass is 35.5. The van der Waals surface area contributed by atoms with Crippen molar-refractivity contribution >= 4 is 23.2 Å². The van der Waals surface area contributed by atoms with Gasteiger partial charge in [0.2, 0.25) is 0 Å². The quantitative estimate of drug-likeness (QED) is 0.880. The monoisotopic (exact) mass is 268 g/mol. The molecular formula is C13H17ClN2O2. The average molecular weight is 269 g/mol. The maximum atomic E-state index is 12.1. The van der Waals surface area contributed by atoms with Gasteiger partial charge in [-0.1, -0.05) is 11.6 Å². The van der Waals surface area contributed by atoms with E-state index in [1.807, 2.05) is 0 Å². The number of halogens is 1. The van der Waals surface area contributed by atoms with E-state index in [1.54, 1.807) is 25.2 Å². The van der Waals surface area contributed by atoms with E-state index >= 15 is 0 Å². The molecule has 1 aliphatic heterocycles. The lowest BCUT2D eigenvalue weighted by Gasteiger charge is -2.12. The van der Waals surface area contributed by atoms with Crippen LogP contribution in [0.15, 0.2) is 18.2 Å². The number of rotatable bonds is 4. The van der Waals surface area contributed by atoms with E-state index in [2.05, 4.69) is 10.6 Å². The summed E-state index contributed by atoms with van der Waals surface area (Å²) in [6.07, 6.45) is 1.01. The molecule has 0 spiro atoms. The number of carbonyl (C=O) groups is 1. The standard InChI is InChI=1S/C13H17ClN2O2/c1-15-12-3-2-10(14)6-11(12)13(17)16-7-9-4-5-18-8-9/h2-3,6,9,15H,4-5,7-8H2,1H3,(H,16,17). The van der Waals surface area contributed by atoms with Gasteiger partial charge >= 0.3 is 0 Å². The van der Waals surface area contributed by atoms with Crippen LogP contribution in [0.5, 0.6) is 0 Å². The fourth-order valence-corrected chi connectivity index (χ4v) is 2.17. The van der Waals surface area contributed by atoms with Crippen LogP contribution in [0, 0.1) is 5.92 Å². The Labute approximate surface area is 112 Å². The van der Waals surface area contributed by atoms with Crippen LogP contribution in [0.2, 0.25) is 5.02 Å². The molecule has 1 atom stereocenters. The molecule has 1 fully saturated rings. The Morgan fingerprint density at radius 3 is 3.06 bits per heavy atom. The minimum absolute atomic E-state index is 0.103. The van der Waals surface area contributed by atoms with Gasteiger partial charge in [-0.3, -0.25) is 4.79 Å². The van der Waals surface area contributed by atoms with Crippen molar-refractivity contribution in [2.45, 2.75) is 6.42 Å². The predicted octanol–water partition coefficient (Wildman–Crippen LogP) is 2.15. The average Bonchev–Trinajstić information content (AvgIpc) is 2.89. The van der Waals surface area contributed by atoms with Crippen LogP contribution in [-0.2, 0) is 4.74 Å². The number of ether oxygens (including phenoxy) is 1. The molecule has 1 aliphatic rings. The number of benzene rings is 1. The van der Waals surface area contributed by atoms with Crippen LogP contribution in [0.4, 0.5) is 5.69 Å². The first-order chi connectivity index (χ1) is 8.70. The molecule has 2 N–H and O–H groups in total. The Bertz CT molecular complexity index is 431. The molecule has 0 radical (unpaired) electrons. The molecule has 18 heavy (non-hydrogen) atoms. The first kappa shape index (κ1) is 13.2. The third kappa shape index (κ3) is 3.15. The van der Waals surface area contributed by atoms with Crippen molar-refractivity contribution in [3.8, 4) is 0 Å². The zero-order valence-electron chi connectivity index (χ0n) is 10.3. The van der Waals surface area contributed by atoms with E-state index in [1.165, 1.54) is 0 Å². The Balaban J connectivity index is 2.00. The van der Waals surface area contributed by atoms with E-state index < -0.39 is 0 Å². The topological polar surface area (TPSA) is 50.4 Å². The van der Waals surface area contributed by atoms with Gasteiger partial charge in [-0.15, -0.1) is 0 Å². The number of nitrogens with one attached hydrogen (secondary N) is 2. The molecule has 0 aliphatic carbocycles. The van der Waals surface area contributed by atoms with Gasteiger partial charge in [-0.25, -0.2) is 0 Å². The molecule has 1 aromatic rings. The van der Waals surface area contributed by atoms with Gasteiger partial charge in [0.15, 0.2) is 0 Å². The number of hydrogen-bond donors (Lipinski definition) is 2. The van der Waals surface area contributed by atoms with Crippen LogP contribution in [0.25, 0.3) is 0 Å². The highest BCUT2D eigenvalue weighted by molar-refractivity contribution is 6.31. The minimum atomic E-state index is -0.103. The first-order valence-electron chi connectivity index (χ1n) is 6.04. The Morgan fingerprint density at radius 1 is 1.56 bits per heavy atom. The third-order valence-corrected chi connectivity index (χ3v) is 3.31. The van der Waals surface area contributed by atoms with Crippen molar-refractivity contribution < 1.29 is 9.53 Å². The lowest BCUT2D eigenvalue weighted by Crippen LogP contribution is -2.30. The maximum Gasteiger partial charge on any atom is 0.253 e. The smallest absolute Gasteiger partial charge is 0.253 e. The van der Waals surface area contributed by atoms with Crippen molar-refractivity contribution in [1.29, 1.82) is 0 Å². The van der Waals surface area contributed by atoms with Gasteiger partial charge in [-0.2, -0.15) is 0 Å². The van der Waals surface area contributed by atoms with Crippen molar-refractivity contribution in [2.75, 3.05) is 32.1 Å². The zero-order valence-corrected chi connectivity index (χ0v) is 11.1. The molecule has 1 heterocycles. The van der Waals surface area contributed by atoms with Crippen LogP contribution in [-0.4, -0.2) is 32.7 Å². The predicted molar refractivity (Wildman–Crippen MR) is 72.3 cm³/mol. The third-order valence-electron chi connectivity index (χ3n) is 3.07. The molecule has 98 valence electrons. The Hall–Kier alpha value is -1.26. The number of hydrogen-bond acceptors (Lipinski definition) is 3. The molecule has 2 rings (SSSR count). The van der Waals surface area contributed by atoms with Crippen LogP contribution >= 0.6 is 11.6 Å². The van der Waals surface area contributed by atoms with E-state index in [0.29, 0.717) is 23.0 Å². The number of anilines is 1. The van der Waals surface area contributed by atoms with E-state index in [9.17, 15) is 4.79 Å². The molecule has 0 saturated carbocycles. The summed E-state index contributed by atoms with van der Waals surface area (Å²) < 4.78 is 5.27. The second-order valence-electron chi connectivity index (χ2n) is 4.38. The first-order valence-corrected chi connectivity index (χ1v) is 6.41. The summed E-state index contributed by atoms with van der Waals surface area (Å²) in [7, 11) is 1.78. The lowest BCUT2D eigenvalue weighted by molar-refractivity contribution is 0.0946. The second-order valence-corrected chi connectivity index (χ2v) is 4.82. The summed E-state index contributed by atoms with van der Waals surface area (Å²) in [6, 6.07) is 5.23. The molecule has 1 aromatic carbocycles. The summed E-state index contributed by atoms with van der Waals surface area (Å²) in [5, 5.41) is 6.47. The molecule has 4 nitrogen and oxygen atoms in total. The Kier molecular flexibility index (Phi) is 4.44. The van der Waals surface area contributed by atoms with Crippen LogP contribution < -0.4 is 10.6 Å². The number of carbonyl (C=O) groups excluding carboxylic acids is 1. The molecule has 1 amide bonds. The summed E-state index contributed by atoms with van der Waals surface area (Å²) in [5.74, 6) is 0.319. The highest BCUT2D eigenvalue weighted by Gasteiger charge is 2.18. The van der Waals surface area contributed by atoms with Gasteiger partial charge in [0, 0.05) is 36.8 Å². The van der Waals surface area contributed by atoms with E-state index in [0.717, 1.165) is 25.3 Å². The largest absolute Gasteiger partial charge is 0.387 e. The van der Waals surface area contributed by atoms with E-state index in [-0.39, 0.29) is 5.91 Å². The summed E-state index contributed by atoms with van der Waals surface area (Å²) in [6.45, 7) is 2.17. The summed E-state index contributed by atoms with van der Waals surface area (Å²) in [5.41, 5.74) is 1.35. The van der Waals surface area contributed by atoms with Crippen molar-refractivity contribution in [2.24, 2.45) is 5.92 Å². The molecule has 0 aromatic heterocycles. The van der Waals surface area contributed by atoms with Crippen LogP contribution in [0.3, 0.4) is 0 Å². The second kappa shape index (κ2) is 6.07. The highest BCUT2D eigenvalue weighted by Crippen LogP contribution is 2.20. The fraction of sp³-hybridized carbons (Fsp3) is 0.462. The zero-order chi connectivity index (χ0) is 13.0. The molecular weight excluding hydrogens is 252 g/mol. The number of amides is 1. The van der Waals surface area contributed by atoms with Crippen LogP contribution in [0.1, 0.15) is 16.8 Å². The van der Waals surface area contributed by atoms with E-state index in [4.69, 9.17) is 16.3 Å². The van der Waals surface area contributed by atoms with Gasteiger partial charge in [-0.05, 0) is 24.6 Å². The summed E-state index contributed by atoms with van der Waals surface area (Å²) >= 11 is 5.92. The normalized spacial score (nSPS) is 18.7. The van der Waals surface area contributed by atoms with Gasteiger partial charge in [0.05, 0.1) is 12.2 Å². The van der Waals surface area contributed by atoms with Crippen molar-refractivity contribution in [3.05, 3.63) is 28.8 Å². The van der Waals surface area contributed by atoms with Gasteiger partial charge in [0.1, 0.15) is 0 Å². The van der Waals surface area contributed by atoms with Crippen molar-refractivity contribution in [1.82, 2.24) is 5.32 Å².